The normalized spacial score (nSPS) is 10.1. The maximum absolute atomic E-state index is 8.79. The molecule has 2 heteroatoms. The lowest BCUT2D eigenvalue weighted by Gasteiger charge is -2.05. The Labute approximate surface area is 95.1 Å². The van der Waals surface area contributed by atoms with E-state index in [0.29, 0.717) is 6.42 Å². The third-order valence-corrected chi connectivity index (χ3v) is 2.30. The highest BCUT2D eigenvalue weighted by atomic mass is 16.5. The molecule has 0 amide bonds. The lowest BCUT2D eigenvalue weighted by atomic mass is 10.1. The van der Waals surface area contributed by atoms with Crippen molar-refractivity contribution >= 4 is 0 Å². The minimum Gasteiger partial charge on any atom is -0.457 e. The fourth-order valence-electron chi connectivity index (χ4n) is 1.48. The minimum atomic E-state index is 0.179. The van der Waals surface area contributed by atoms with Crippen LogP contribution in [-0.4, -0.2) is 11.7 Å². The van der Waals surface area contributed by atoms with E-state index in [9.17, 15) is 0 Å². The summed E-state index contributed by atoms with van der Waals surface area (Å²) in [4.78, 5) is 0. The first kappa shape index (κ1) is 10.7. The number of para-hydroxylation sites is 1. The standard InChI is InChI=1S/C14H14O2/c15-11-10-12-6-8-14(9-7-12)16-13-4-2-1-3-5-13/h1-9,15H,10-11H2. The Bertz CT molecular complexity index is 420. The Hall–Kier alpha value is -1.80. The minimum absolute atomic E-state index is 0.179. The summed E-state index contributed by atoms with van der Waals surface area (Å²) in [6, 6.07) is 17.4. The average Bonchev–Trinajstić information content (AvgIpc) is 2.33. The van der Waals surface area contributed by atoms with Gasteiger partial charge in [-0.1, -0.05) is 30.3 Å². The summed E-state index contributed by atoms with van der Waals surface area (Å²) in [5.74, 6) is 1.64. The van der Waals surface area contributed by atoms with Gasteiger partial charge in [-0.15, -0.1) is 0 Å². The van der Waals surface area contributed by atoms with Crippen LogP contribution in [0.15, 0.2) is 54.6 Å². The molecule has 2 aromatic carbocycles. The van der Waals surface area contributed by atoms with Gasteiger partial charge in [0.15, 0.2) is 0 Å². The van der Waals surface area contributed by atoms with E-state index in [0.717, 1.165) is 17.1 Å². The van der Waals surface area contributed by atoms with Crippen molar-refractivity contribution in [2.24, 2.45) is 0 Å². The molecule has 0 fully saturated rings. The number of ether oxygens (including phenoxy) is 1. The van der Waals surface area contributed by atoms with E-state index < -0.39 is 0 Å². The van der Waals surface area contributed by atoms with Gasteiger partial charge in [0.1, 0.15) is 11.5 Å². The van der Waals surface area contributed by atoms with Gasteiger partial charge in [0.2, 0.25) is 0 Å². The van der Waals surface area contributed by atoms with Crippen molar-refractivity contribution in [3.63, 3.8) is 0 Å². The zero-order valence-electron chi connectivity index (χ0n) is 8.97. The first-order valence-electron chi connectivity index (χ1n) is 5.31. The van der Waals surface area contributed by atoms with Crippen molar-refractivity contribution in [2.75, 3.05) is 6.61 Å². The third-order valence-electron chi connectivity index (χ3n) is 2.30. The number of hydrogen-bond donors (Lipinski definition) is 1. The van der Waals surface area contributed by atoms with Gasteiger partial charge < -0.3 is 9.84 Å². The van der Waals surface area contributed by atoms with Gasteiger partial charge in [0.05, 0.1) is 0 Å². The van der Waals surface area contributed by atoms with Crippen LogP contribution in [0.25, 0.3) is 0 Å². The van der Waals surface area contributed by atoms with Gasteiger partial charge in [-0.25, -0.2) is 0 Å². The van der Waals surface area contributed by atoms with Crippen LogP contribution in [0.5, 0.6) is 11.5 Å². The van der Waals surface area contributed by atoms with E-state index in [2.05, 4.69) is 0 Å². The highest BCUT2D eigenvalue weighted by Gasteiger charge is 1.96. The van der Waals surface area contributed by atoms with Crippen molar-refractivity contribution in [3.05, 3.63) is 60.2 Å². The molecule has 0 saturated carbocycles. The molecule has 82 valence electrons. The molecule has 0 radical (unpaired) electrons. The van der Waals surface area contributed by atoms with Crippen LogP contribution in [-0.2, 0) is 6.42 Å². The zero-order valence-corrected chi connectivity index (χ0v) is 8.97. The summed E-state index contributed by atoms with van der Waals surface area (Å²) in [6.45, 7) is 0.179. The van der Waals surface area contributed by atoms with Gasteiger partial charge in [-0.05, 0) is 36.2 Å². The lowest BCUT2D eigenvalue weighted by molar-refractivity contribution is 0.299. The van der Waals surface area contributed by atoms with Crippen molar-refractivity contribution in [1.82, 2.24) is 0 Å². The Morgan fingerprint density at radius 2 is 1.44 bits per heavy atom. The van der Waals surface area contributed by atoms with Crippen LogP contribution in [0.3, 0.4) is 0 Å². The Balaban J connectivity index is 2.05. The van der Waals surface area contributed by atoms with Crippen molar-refractivity contribution in [1.29, 1.82) is 0 Å². The van der Waals surface area contributed by atoms with Gasteiger partial charge in [0, 0.05) is 6.61 Å². The Morgan fingerprint density at radius 3 is 2.06 bits per heavy atom. The van der Waals surface area contributed by atoms with Gasteiger partial charge in [0.25, 0.3) is 0 Å². The van der Waals surface area contributed by atoms with Crippen molar-refractivity contribution in [3.8, 4) is 11.5 Å². The highest BCUT2D eigenvalue weighted by molar-refractivity contribution is 5.32. The molecule has 0 atom stereocenters. The van der Waals surface area contributed by atoms with Crippen LogP contribution in [0.2, 0.25) is 0 Å². The van der Waals surface area contributed by atoms with Gasteiger partial charge >= 0.3 is 0 Å². The van der Waals surface area contributed by atoms with E-state index in [1.165, 1.54) is 0 Å². The molecule has 0 spiro atoms. The van der Waals surface area contributed by atoms with E-state index >= 15 is 0 Å². The molecule has 2 rings (SSSR count). The van der Waals surface area contributed by atoms with Crippen LogP contribution < -0.4 is 4.74 Å². The molecule has 2 nitrogen and oxygen atoms in total. The maximum Gasteiger partial charge on any atom is 0.127 e. The number of aliphatic hydroxyl groups excluding tert-OH is 1. The average molecular weight is 214 g/mol. The molecule has 16 heavy (non-hydrogen) atoms. The number of aliphatic hydroxyl groups is 1. The second kappa shape index (κ2) is 5.33. The van der Waals surface area contributed by atoms with Gasteiger partial charge in [-0.3, -0.25) is 0 Å². The Kier molecular flexibility index (Phi) is 3.57. The summed E-state index contributed by atoms with van der Waals surface area (Å²) < 4.78 is 5.65. The molecular weight excluding hydrogens is 200 g/mol. The second-order valence-corrected chi connectivity index (χ2v) is 3.53. The topological polar surface area (TPSA) is 29.5 Å². The predicted octanol–water partition coefficient (Wildman–Crippen LogP) is 3.01. The van der Waals surface area contributed by atoms with Crippen LogP contribution in [0.4, 0.5) is 0 Å². The van der Waals surface area contributed by atoms with Crippen molar-refractivity contribution < 1.29 is 9.84 Å². The quantitative estimate of drug-likeness (QED) is 0.847. The SMILES string of the molecule is OCCc1ccc(Oc2ccccc2)cc1. The van der Waals surface area contributed by atoms with E-state index in [-0.39, 0.29) is 6.61 Å². The maximum atomic E-state index is 8.79. The first-order valence-corrected chi connectivity index (χ1v) is 5.31. The molecule has 0 saturated heterocycles. The fourth-order valence-corrected chi connectivity index (χ4v) is 1.48. The summed E-state index contributed by atoms with van der Waals surface area (Å²) in [6.07, 6.45) is 0.686. The third kappa shape index (κ3) is 2.84. The highest BCUT2D eigenvalue weighted by Crippen LogP contribution is 2.21. The van der Waals surface area contributed by atoms with Crippen LogP contribution >= 0.6 is 0 Å². The molecular formula is C14H14O2. The zero-order chi connectivity index (χ0) is 11.2. The van der Waals surface area contributed by atoms with Crippen LogP contribution in [0, 0.1) is 0 Å². The Morgan fingerprint density at radius 1 is 0.812 bits per heavy atom. The van der Waals surface area contributed by atoms with Crippen molar-refractivity contribution in [2.45, 2.75) is 6.42 Å². The van der Waals surface area contributed by atoms with E-state index in [4.69, 9.17) is 9.84 Å². The summed E-state index contributed by atoms with van der Waals surface area (Å²) >= 11 is 0. The fraction of sp³-hybridized carbons (Fsp3) is 0.143. The van der Waals surface area contributed by atoms with Gasteiger partial charge in [-0.2, -0.15) is 0 Å². The monoisotopic (exact) mass is 214 g/mol. The molecule has 0 aliphatic carbocycles. The largest absolute Gasteiger partial charge is 0.457 e. The molecule has 1 N–H and O–H groups in total. The number of benzene rings is 2. The molecule has 0 aliphatic rings. The van der Waals surface area contributed by atoms with Crippen LogP contribution in [0.1, 0.15) is 5.56 Å². The first-order chi connectivity index (χ1) is 7.88. The molecule has 0 bridgehead atoms. The molecule has 0 heterocycles. The molecule has 0 aromatic heterocycles. The second-order valence-electron chi connectivity index (χ2n) is 3.53. The smallest absolute Gasteiger partial charge is 0.127 e. The lowest BCUT2D eigenvalue weighted by Crippen LogP contribution is -1.90. The molecule has 2 aromatic rings. The number of rotatable bonds is 4. The summed E-state index contributed by atoms with van der Waals surface area (Å²) in [5, 5.41) is 8.79. The predicted molar refractivity (Wildman–Crippen MR) is 63.7 cm³/mol. The summed E-state index contributed by atoms with van der Waals surface area (Å²) in [5.41, 5.74) is 1.11. The molecule has 0 unspecified atom stereocenters. The summed E-state index contributed by atoms with van der Waals surface area (Å²) in [7, 11) is 0. The molecule has 0 aliphatic heterocycles. The van der Waals surface area contributed by atoms with E-state index in [1.807, 2.05) is 54.6 Å². The van der Waals surface area contributed by atoms with E-state index in [1.54, 1.807) is 0 Å². The number of hydrogen-bond acceptors (Lipinski definition) is 2.